The molecule has 0 saturated carbocycles. The van der Waals surface area contributed by atoms with Gasteiger partial charge in [-0.25, -0.2) is 13.4 Å². The van der Waals surface area contributed by atoms with Gasteiger partial charge >= 0.3 is 5.97 Å². The van der Waals surface area contributed by atoms with Crippen molar-refractivity contribution in [2.45, 2.75) is 17.9 Å². The molecule has 1 unspecified atom stereocenters. The fourth-order valence-corrected chi connectivity index (χ4v) is 3.73. The first-order valence-electron chi connectivity index (χ1n) is 7.12. The Morgan fingerprint density at radius 2 is 1.96 bits per heavy atom. The number of aromatic nitrogens is 2. The van der Waals surface area contributed by atoms with E-state index in [-0.39, 0.29) is 4.90 Å². The van der Waals surface area contributed by atoms with Gasteiger partial charge in [-0.15, -0.1) is 0 Å². The van der Waals surface area contributed by atoms with Gasteiger partial charge in [-0.3, -0.25) is 4.79 Å². The van der Waals surface area contributed by atoms with E-state index in [0.717, 1.165) is 5.56 Å². The van der Waals surface area contributed by atoms with Gasteiger partial charge in [-0.1, -0.05) is 29.8 Å². The molecule has 0 aliphatic heterocycles. The topological polar surface area (TPSA) is 112 Å². The fraction of sp³-hybridized carbons (Fsp3) is 0.125. The summed E-state index contributed by atoms with van der Waals surface area (Å²) in [6.45, 7) is 1.86. The standard InChI is InChI=1S/C16H15N3O4S/c1-10-4-6-11(7-5-10)14(16(20)21)19-24(22,23)13-9-18-15-12(13)3-2-8-17-15/h2-9,14,19H,1H3,(H,17,18)(H,20,21). The first-order chi connectivity index (χ1) is 11.4. The number of aryl methyl sites for hydroxylation is 1. The number of nitrogens with one attached hydrogen (secondary N) is 2. The molecule has 0 fully saturated rings. The summed E-state index contributed by atoms with van der Waals surface area (Å²) in [5.41, 5.74) is 1.73. The predicted octanol–water partition coefficient (Wildman–Crippen LogP) is 1.98. The van der Waals surface area contributed by atoms with Crippen molar-refractivity contribution in [3.8, 4) is 0 Å². The van der Waals surface area contributed by atoms with Gasteiger partial charge in [0.25, 0.3) is 0 Å². The molecule has 3 N–H and O–H groups in total. The van der Waals surface area contributed by atoms with Crippen LogP contribution in [-0.4, -0.2) is 29.5 Å². The van der Waals surface area contributed by atoms with Crippen molar-refractivity contribution in [3.63, 3.8) is 0 Å². The molecule has 7 nitrogen and oxygen atoms in total. The third kappa shape index (κ3) is 3.01. The number of hydrogen-bond acceptors (Lipinski definition) is 4. The molecule has 0 spiro atoms. The van der Waals surface area contributed by atoms with Gasteiger partial charge in [0.05, 0.1) is 0 Å². The summed E-state index contributed by atoms with van der Waals surface area (Å²) in [6, 6.07) is 8.49. The highest BCUT2D eigenvalue weighted by Crippen LogP contribution is 2.23. The molecule has 0 radical (unpaired) electrons. The third-order valence-electron chi connectivity index (χ3n) is 3.63. The molecule has 2 heterocycles. The Hall–Kier alpha value is -2.71. The number of carboxylic acids is 1. The summed E-state index contributed by atoms with van der Waals surface area (Å²) in [5, 5.41) is 9.82. The lowest BCUT2D eigenvalue weighted by molar-refractivity contribution is -0.139. The third-order valence-corrected chi connectivity index (χ3v) is 5.10. The number of sulfonamides is 1. The molecule has 0 amide bonds. The van der Waals surface area contributed by atoms with Gasteiger partial charge in [-0.05, 0) is 24.6 Å². The SMILES string of the molecule is Cc1ccc(C(NS(=O)(=O)c2c[nH]c3ncccc23)C(=O)O)cc1. The highest BCUT2D eigenvalue weighted by atomic mass is 32.2. The Balaban J connectivity index is 2.00. The van der Waals surface area contributed by atoms with Gasteiger partial charge in [0.1, 0.15) is 16.6 Å². The normalized spacial score (nSPS) is 13.0. The Bertz CT molecular complexity index is 994. The summed E-state index contributed by atoms with van der Waals surface area (Å²) >= 11 is 0. The van der Waals surface area contributed by atoms with E-state index < -0.39 is 22.0 Å². The predicted molar refractivity (Wildman–Crippen MR) is 88.0 cm³/mol. The minimum Gasteiger partial charge on any atom is -0.480 e. The lowest BCUT2D eigenvalue weighted by Crippen LogP contribution is -2.33. The van der Waals surface area contributed by atoms with Gasteiger partial charge in [0.2, 0.25) is 10.0 Å². The van der Waals surface area contributed by atoms with Gasteiger partial charge in [0.15, 0.2) is 0 Å². The summed E-state index contributed by atoms with van der Waals surface area (Å²) in [5.74, 6) is -1.28. The lowest BCUT2D eigenvalue weighted by atomic mass is 10.1. The molecule has 8 heteroatoms. The van der Waals surface area contributed by atoms with Gasteiger partial charge < -0.3 is 10.1 Å². The quantitative estimate of drug-likeness (QED) is 0.654. The minimum absolute atomic E-state index is 0.0380. The van der Waals surface area contributed by atoms with Crippen LogP contribution in [0.5, 0.6) is 0 Å². The van der Waals surface area contributed by atoms with Gasteiger partial charge in [0, 0.05) is 17.8 Å². The van der Waals surface area contributed by atoms with E-state index in [0.29, 0.717) is 16.6 Å². The number of aromatic amines is 1. The zero-order valence-corrected chi connectivity index (χ0v) is 13.5. The Kier molecular flexibility index (Phi) is 4.08. The van der Waals surface area contributed by atoms with E-state index in [9.17, 15) is 18.3 Å². The van der Waals surface area contributed by atoms with Crippen molar-refractivity contribution in [2.24, 2.45) is 0 Å². The van der Waals surface area contributed by atoms with Crippen LogP contribution < -0.4 is 4.72 Å². The lowest BCUT2D eigenvalue weighted by Gasteiger charge is -2.15. The molecule has 3 rings (SSSR count). The largest absolute Gasteiger partial charge is 0.480 e. The average Bonchev–Trinajstić information content (AvgIpc) is 2.98. The van der Waals surface area contributed by atoms with Crippen molar-refractivity contribution in [3.05, 3.63) is 59.9 Å². The zero-order chi connectivity index (χ0) is 17.3. The molecule has 0 saturated heterocycles. The van der Waals surface area contributed by atoms with Crippen LogP contribution in [0.1, 0.15) is 17.2 Å². The number of aliphatic carboxylic acids is 1. The number of rotatable bonds is 5. The van der Waals surface area contributed by atoms with Crippen LogP contribution in [0.3, 0.4) is 0 Å². The van der Waals surface area contributed by atoms with E-state index in [1.165, 1.54) is 12.4 Å². The van der Waals surface area contributed by atoms with Crippen LogP contribution in [0.15, 0.2) is 53.7 Å². The molecular formula is C16H15N3O4S. The number of nitrogens with zero attached hydrogens (tertiary/aromatic N) is 1. The molecule has 1 atom stereocenters. The Labute approximate surface area is 138 Å². The smallest absolute Gasteiger partial charge is 0.326 e. The number of pyridine rings is 1. The van der Waals surface area contributed by atoms with Crippen molar-refractivity contribution in [1.82, 2.24) is 14.7 Å². The number of carbonyl (C=O) groups is 1. The number of hydrogen-bond donors (Lipinski definition) is 3. The highest BCUT2D eigenvalue weighted by Gasteiger charge is 2.28. The maximum atomic E-state index is 12.6. The van der Waals surface area contributed by atoms with Crippen LogP contribution in [0.2, 0.25) is 0 Å². The summed E-state index contributed by atoms with van der Waals surface area (Å²) < 4.78 is 27.5. The number of carboxylic acid groups (broad SMARTS) is 1. The number of benzene rings is 1. The summed E-state index contributed by atoms with van der Waals surface area (Å²) in [6.07, 6.45) is 2.84. The molecule has 24 heavy (non-hydrogen) atoms. The second-order valence-corrected chi connectivity index (χ2v) is 7.04. The van der Waals surface area contributed by atoms with Crippen molar-refractivity contribution < 1.29 is 18.3 Å². The van der Waals surface area contributed by atoms with Crippen LogP contribution in [0, 0.1) is 6.92 Å². The molecule has 3 aromatic rings. The number of fused-ring (bicyclic) bond motifs is 1. The van der Waals surface area contributed by atoms with Crippen molar-refractivity contribution >= 4 is 27.0 Å². The second-order valence-electron chi connectivity index (χ2n) is 5.36. The van der Waals surface area contributed by atoms with E-state index >= 15 is 0 Å². The van der Waals surface area contributed by atoms with Crippen molar-refractivity contribution in [1.29, 1.82) is 0 Å². The van der Waals surface area contributed by atoms with E-state index in [4.69, 9.17) is 0 Å². The Morgan fingerprint density at radius 1 is 1.25 bits per heavy atom. The molecule has 0 aliphatic carbocycles. The van der Waals surface area contributed by atoms with Crippen LogP contribution in [0.25, 0.3) is 11.0 Å². The van der Waals surface area contributed by atoms with E-state index in [1.807, 2.05) is 6.92 Å². The fourth-order valence-electron chi connectivity index (χ4n) is 2.39. The first kappa shape index (κ1) is 16.2. The molecule has 0 bridgehead atoms. The minimum atomic E-state index is -4.05. The molecule has 2 aromatic heterocycles. The highest BCUT2D eigenvalue weighted by molar-refractivity contribution is 7.89. The maximum Gasteiger partial charge on any atom is 0.326 e. The first-order valence-corrected chi connectivity index (χ1v) is 8.60. The molecule has 124 valence electrons. The van der Waals surface area contributed by atoms with Crippen LogP contribution in [-0.2, 0) is 14.8 Å². The molecular weight excluding hydrogens is 330 g/mol. The summed E-state index contributed by atoms with van der Waals surface area (Å²) in [4.78, 5) is 18.3. The molecule has 0 aliphatic rings. The number of H-pyrrole nitrogens is 1. The van der Waals surface area contributed by atoms with E-state index in [2.05, 4.69) is 14.7 Å². The van der Waals surface area contributed by atoms with Gasteiger partial charge in [-0.2, -0.15) is 4.72 Å². The average molecular weight is 345 g/mol. The van der Waals surface area contributed by atoms with Crippen LogP contribution in [0.4, 0.5) is 0 Å². The van der Waals surface area contributed by atoms with E-state index in [1.54, 1.807) is 36.4 Å². The van der Waals surface area contributed by atoms with Crippen LogP contribution >= 0.6 is 0 Å². The zero-order valence-electron chi connectivity index (χ0n) is 12.7. The van der Waals surface area contributed by atoms with Crippen molar-refractivity contribution in [2.75, 3.05) is 0 Å². The monoisotopic (exact) mass is 345 g/mol. The Morgan fingerprint density at radius 3 is 2.62 bits per heavy atom. The maximum absolute atomic E-state index is 12.6. The molecule has 1 aromatic carbocycles. The second kappa shape index (κ2) is 6.06. The summed E-state index contributed by atoms with van der Waals surface area (Å²) in [7, 11) is -4.05.